The number of hydrogen-bond acceptors (Lipinski definition) is 4. The first-order valence-corrected chi connectivity index (χ1v) is 6.96. The Hall–Kier alpha value is -1.46. The van der Waals surface area contributed by atoms with Crippen LogP contribution in [-0.4, -0.2) is 50.3 Å². The standard InChI is InChI=1S/C14H19ClN2O3/c1-10(14(18)17-5-7-20-8-6-17)16-11-3-4-13(19-2)12(15)9-11/h3-4,9-10,16H,5-8H2,1-2H3/t10-/m1/s1. The molecule has 1 N–H and O–H groups in total. The number of ether oxygens (including phenoxy) is 2. The Morgan fingerprint density at radius 3 is 2.75 bits per heavy atom. The molecule has 1 amide bonds. The molecule has 1 atom stereocenters. The molecular formula is C14H19ClN2O3. The van der Waals surface area contributed by atoms with E-state index >= 15 is 0 Å². The summed E-state index contributed by atoms with van der Waals surface area (Å²) < 4.78 is 10.3. The molecule has 2 rings (SSSR count). The molecule has 1 aromatic rings. The van der Waals surface area contributed by atoms with E-state index in [0.717, 1.165) is 5.69 Å². The third-order valence-electron chi connectivity index (χ3n) is 3.23. The van der Waals surface area contributed by atoms with Crippen molar-refractivity contribution in [3.8, 4) is 5.75 Å². The van der Waals surface area contributed by atoms with Crippen LogP contribution in [0.25, 0.3) is 0 Å². The van der Waals surface area contributed by atoms with Gasteiger partial charge in [-0.3, -0.25) is 4.79 Å². The fourth-order valence-electron chi connectivity index (χ4n) is 2.13. The Morgan fingerprint density at radius 2 is 2.15 bits per heavy atom. The highest BCUT2D eigenvalue weighted by Crippen LogP contribution is 2.27. The fourth-order valence-corrected chi connectivity index (χ4v) is 2.38. The van der Waals surface area contributed by atoms with Gasteiger partial charge in [0.25, 0.3) is 0 Å². The number of halogens is 1. The van der Waals surface area contributed by atoms with Crippen LogP contribution in [0.3, 0.4) is 0 Å². The van der Waals surface area contributed by atoms with Crippen LogP contribution >= 0.6 is 11.6 Å². The first-order valence-electron chi connectivity index (χ1n) is 6.58. The highest BCUT2D eigenvalue weighted by atomic mass is 35.5. The van der Waals surface area contributed by atoms with E-state index in [9.17, 15) is 4.79 Å². The van der Waals surface area contributed by atoms with Gasteiger partial charge in [-0.2, -0.15) is 0 Å². The predicted octanol–water partition coefficient (Wildman–Crippen LogP) is 2.01. The smallest absolute Gasteiger partial charge is 0.244 e. The molecule has 1 aromatic carbocycles. The Kier molecular flexibility index (Phi) is 5.09. The van der Waals surface area contributed by atoms with Crippen LogP contribution in [0.4, 0.5) is 5.69 Å². The second-order valence-electron chi connectivity index (χ2n) is 4.65. The molecule has 6 heteroatoms. The van der Waals surface area contributed by atoms with Crippen molar-refractivity contribution in [3.63, 3.8) is 0 Å². The lowest BCUT2D eigenvalue weighted by atomic mass is 10.2. The summed E-state index contributed by atoms with van der Waals surface area (Å²) in [6, 6.07) is 5.06. The maximum absolute atomic E-state index is 12.3. The van der Waals surface area contributed by atoms with E-state index in [0.29, 0.717) is 37.1 Å². The zero-order valence-corrected chi connectivity index (χ0v) is 12.4. The summed E-state index contributed by atoms with van der Waals surface area (Å²) in [5.74, 6) is 0.685. The fraction of sp³-hybridized carbons (Fsp3) is 0.500. The van der Waals surface area contributed by atoms with Crippen molar-refractivity contribution >= 4 is 23.2 Å². The van der Waals surface area contributed by atoms with E-state index in [1.807, 2.05) is 17.9 Å². The van der Waals surface area contributed by atoms with Crippen molar-refractivity contribution in [2.45, 2.75) is 13.0 Å². The van der Waals surface area contributed by atoms with Crippen molar-refractivity contribution in [2.75, 3.05) is 38.7 Å². The van der Waals surface area contributed by atoms with Crippen molar-refractivity contribution < 1.29 is 14.3 Å². The molecule has 1 aliphatic rings. The average molecular weight is 299 g/mol. The number of methoxy groups -OCH3 is 1. The van der Waals surface area contributed by atoms with Gasteiger partial charge in [0, 0.05) is 18.8 Å². The summed E-state index contributed by atoms with van der Waals surface area (Å²) in [6.45, 7) is 4.35. The Morgan fingerprint density at radius 1 is 1.45 bits per heavy atom. The number of morpholine rings is 1. The number of nitrogens with one attached hydrogen (secondary N) is 1. The second-order valence-corrected chi connectivity index (χ2v) is 5.06. The molecule has 1 aliphatic heterocycles. The van der Waals surface area contributed by atoms with Gasteiger partial charge in [-0.25, -0.2) is 0 Å². The number of carbonyl (C=O) groups is 1. The number of anilines is 1. The summed E-state index contributed by atoms with van der Waals surface area (Å²) in [5.41, 5.74) is 0.796. The number of nitrogens with zero attached hydrogens (tertiary/aromatic N) is 1. The molecule has 0 bridgehead atoms. The van der Waals surface area contributed by atoms with E-state index < -0.39 is 0 Å². The van der Waals surface area contributed by atoms with Crippen LogP contribution in [0.15, 0.2) is 18.2 Å². The number of hydrogen-bond donors (Lipinski definition) is 1. The van der Waals surface area contributed by atoms with Crippen molar-refractivity contribution in [3.05, 3.63) is 23.2 Å². The zero-order chi connectivity index (χ0) is 14.5. The van der Waals surface area contributed by atoms with E-state index in [2.05, 4.69) is 5.32 Å². The Bertz CT molecular complexity index is 475. The monoisotopic (exact) mass is 298 g/mol. The molecule has 20 heavy (non-hydrogen) atoms. The van der Waals surface area contributed by atoms with Crippen LogP contribution in [0.1, 0.15) is 6.92 Å². The second kappa shape index (κ2) is 6.81. The number of rotatable bonds is 4. The average Bonchev–Trinajstić information content (AvgIpc) is 2.47. The minimum atomic E-state index is -0.308. The van der Waals surface area contributed by atoms with Gasteiger partial charge in [-0.1, -0.05) is 11.6 Å². The first-order chi connectivity index (χ1) is 9.61. The zero-order valence-electron chi connectivity index (χ0n) is 11.7. The number of benzene rings is 1. The number of amides is 1. The van der Waals surface area contributed by atoms with Gasteiger partial charge in [0.15, 0.2) is 0 Å². The third kappa shape index (κ3) is 3.55. The van der Waals surface area contributed by atoms with Gasteiger partial charge in [0.05, 0.1) is 25.3 Å². The minimum Gasteiger partial charge on any atom is -0.495 e. The minimum absolute atomic E-state index is 0.0697. The van der Waals surface area contributed by atoms with Crippen molar-refractivity contribution in [2.24, 2.45) is 0 Å². The molecule has 0 saturated carbocycles. The largest absolute Gasteiger partial charge is 0.495 e. The van der Waals surface area contributed by atoms with Crippen LogP contribution in [0.5, 0.6) is 5.75 Å². The lowest BCUT2D eigenvalue weighted by Crippen LogP contribution is -2.46. The topological polar surface area (TPSA) is 50.8 Å². The van der Waals surface area contributed by atoms with Crippen molar-refractivity contribution in [1.82, 2.24) is 4.90 Å². The quantitative estimate of drug-likeness (QED) is 0.924. The van der Waals surface area contributed by atoms with E-state index in [1.54, 1.807) is 19.2 Å². The molecule has 1 heterocycles. The summed E-state index contributed by atoms with van der Waals surface area (Å²) in [5, 5.41) is 3.68. The van der Waals surface area contributed by atoms with Gasteiger partial charge in [0.1, 0.15) is 11.8 Å². The molecular weight excluding hydrogens is 280 g/mol. The van der Waals surface area contributed by atoms with Crippen LogP contribution in [0, 0.1) is 0 Å². The summed E-state index contributed by atoms with van der Waals surface area (Å²) in [6.07, 6.45) is 0. The summed E-state index contributed by atoms with van der Waals surface area (Å²) in [4.78, 5) is 14.1. The van der Waals surface area contributed by atoms with E-state index in [-0.39, 0.29) is 11.9 Å². The van der Waals surface area contributed by atoms with Gasteiger partial charge in [-0.05, 0) is 25.1 Å². The third-order valence-corrected chi connectivity index (χ3v) is 3.52. The normalized spacial score (nSPS) is 16.6. The lowest BCUT2D eigenvalue weighted by molar-refractivity contribution is -0.135. The highest BCUT2D eigenvalue weighted by molar-refractivity contribution is 6.32. The molecule has 0 spiro atoms. The summed E-state index contributed by atoms with van der Waals surface area (Å²) >= 11 is 6.06. The van der Waals surface area contributed by atoms with Gasteiger partial charge in [0.2, 0.25) is 5.91 Å². The van der Waals surface area contributed by atoms with Gasteiger partial charge in [-0.15, -0.1) is 0 Å². The highest BCUT2D eigenvalue weighted by Gasteiger charge is 2.22. The van der Waals surface area contributed by atoms with Crippen LogP contribution < -0.4 is 10.1 Å². The lowest BCUT2D eigenvalue weighted by Gasteiger charge is -2.29. The molecule has 110 valence electrons. The molecule has 5 nitrogen and oxygen atoms in total. The molecule has 1 saturated heterocycles. The SMILES string of the molecule is COc1ccc(N[C@H](C)C(=O)N2CCOCC2)cc1Cl. The van der Waals surface area contributed by atoms with Gasteiger partial charge >= 0.3 is 0 Å². The van der Waals surface area contributed by atoms with E-state index in [1.165, 1.54) is 0 Å². The predicted molar refractivity (Wildman–Crippen MR) is 78.5 cm³/mol. The first kappa shape index (κ1) is 14.9. The van der Waals surface area contributed by atoms with E-state index in [4.69, 9.17) is 21.1 Å². The van der Waals surface area contributed by atoms with Crippen molar-refractivity contribution in [1.29, 1.82) is 0 Å². The molecule has 1 fully saturated rings. The molecule has 0 radical (unpaired) electrons. The van der Waals surface area contributed by atoms with Crippen LogP contribution in [0.2, 0.25) is 5.02 Å². The van der Waals surface area contributed by atoms with Gasteiger partial charge < -0.3 is 19.7 Å². The molecule has 0 aliphatic carbocycles. The van der Waals surface area contributed by atoms with Crippen LogP contribution in [-0.2, 0) is 9.53 Å². The Balaban J connectivity index is 1.98. The molecule has 0 unspecified atom stereocenters. The maximum atomic E-state index is 12.3. The number of carbonyl (C=O) groups excluding carboxylic acids is 1. The summed E-state index contributed by atoms with van der Waals surface area (Å²) in [7, 11) is 1.57. The molecule has 0 aromatic heterocycles. The Labute approximate surface area is 123 Å². The maximum Gasteiger partial charge on any atom is 0.244 e.